The van der Waals surface area contributed by atoms with Crippen LogP contribution in [0.15, 0.2) is 47.2 Å². The molecule has 0 unspecified atom stereocenters. The normalized spacial score (nSPS) is 28.5. The van der Waals surface area contributed by atoms with Crippen molar-refractivity contribution in [1.29, 1.82) is 0 Å². The van der Waals surface area contributed by atoms with Gasteiger partial charge in [-0.05, 0) is 55.1 Å². The number of hydrogen-bond acceptors (Lipinski definition) is 3. The van der Waals surface area contributed by atoms with Gasteiger partial charge in [0.2, 0.25) is 0 Å². The lowest BCUT2D eigenvalue weighted by Gasteiger charge is -2.37. The highest BCUT2D eigenvalue weighted by atomic mass is 16.1. The lowest BCUT2D eigenvalue weighted by atomic mass is 9.70. The molecule has 1 aliphatic heterocycles. The van der Waals surface area contributed by atoms with E-state index >= 15 is 0 Å². The number of hydrogen-bond donors (Lipinski definition) is 2. The summed E-state index contributed by atoms with van der Waals surface area (Å²) in [6.07, 6.45) is 6.03. The number of rotatable bonds is 2. The van der Waals surface area contributed by atoms with Gasteiger partial charge < -0.3 is 10.6 Å². The van der Waals surface area contributed by atoms with Gasteiger partial charge >= 0.3 is 0 Å². The molecule has 3 heteroatoms. The van der Waals surface area contributed by atoms with Crippen molar-refractivity contribution in [2.75, 3.05) is 10.6 Å². The van der Waals surface area contributed by atoms with Gasteiger partial charge in [-0.15, -0.1) is 0 Å². The summed E-state index contributed by atoms with van der Waals surface area (Å²) < 4.78 is 0. The first-order valence-corrected chi connectivity index (χ1v) is 10.2. The minimum atomic E-state index is 0.0114. The molecule has 4 rings (SSSR count). The highest BCUT2D eigenvalue weighted by Crippen LogP contribution is 2.48. The number of benzene rings is 1. The first kappa shape index (κ1) is 18.3. The Bertz CT molecular complexity index is 844. The smallest absolute Gasteiger partial charge is 0.163 e. The predicted octanol–water partition coefficient (Wildman–Crippen LogP) is 5.92. The van der Waals surface area contributed by atoms with Gasteiger partial charge in [-0.2, -0.15) is 0 Å². The van der Waals surface area contributed by atoms with Crippen LogP contribution in [-0.2, 0) is 4.79 Å². The Morgan fingerprint density at radius 2 is 1.78 bits per heavy atom. The molecule has 0 saturated carbocycles. The van der Waals surface area contributed by atoms with Gasteiger partial charge in [0.05, 0.1) is 17.4 Å². The summed E-state index contributed by atoms with van der Waals surface area (Å²) in [6.45, 7) is 11.3. The fourth-order valence-corrected chi connectivity index (χ4v) is 5.04. The summed E-state index contributed by atoms with van der Waals surface area (Å²) >= 11 is 0. The summed E-state index contributed by atoms with van der Waals surface area (Å²) in [5.74, 6) is 0.858. The molecular formula is C24H32N2O. The Hall–Kier alpha value is -2.03. The van der Waals surface area contributed by atoms with E-state index in [1.807, 2.05) is 0 Å². The lowest BCUT2D eigenvalue weighted by Crippen LogP contribution is -2.37. The van der Waals surface area contributed by atoms with Crippen molar-refractivity contribution in [2.24, 2.45) is 16.7 Å². The van der Waals surface area contributed by atoms with Crippen molar-refractivity contribution in [2.45, 2.75) is 66.3 Å². The van der Waals surface area contributed by atoms with Crippen molar-refractivity contribution in [3.63, 3.8) is 0 Å². The molecule has 1 aromatic rings. The number of carbonyl (C=O) groups is 1. The van der Waals surface area contributed by atoms with E-state index in [2.05, 4.69) is 75.6 Å². The highest BCUT2D eigenvalue weighted by Gasteiger charge is 2.42. The maximum atomic E-state index is 13.2. The van der Waals surface area contributed by atoms with E-state index in [0.29, 0.717) is 18.1 Å². The zero-order valence-corrected chi connectivity index (χ0v) is 17.3. The second-order valence-electron chi connectivity index (χ2n) is 9.98. The molecule has 1 heterocycles. The number of Topliss-reactive ketones (excluding diaryl/α,β-unsaturated/α-hetero) is 1. The summed E-state index contributed by atoms with van der Waals surface area (Å²) in [6, 6.07) is 8.41. The van der Waals surface area contributed by atoms with Crippen LogP contribution in [0.4, 0.5) is 11.4 Å². The molecule has 0 amide bonds. The number of carbonyl (C=O) groups excluding carboxylic acids is 1. The van der Waals surface area contributed by atoms with Gasteiger partial charge in [-0.25, -0.2) is 0 Å². The van der Waals surface area contributed by atoms with Gasteiger partial charge in [0.1, 0.15) is 0 Å². The Labute approximate surface area is 163 Å². The van der Waals surface area contributed by atoms with Crippen LogP contribution in [0.5, 0.6) is 0 Å². The quantitative estimate of drug-likeness (QED) is 0.640. The molecule has 0 fully saturated rings. The Morgan fingerprint density at radius 3 is 2.44 bits per heavy atom. The van der Waals surface area contributed by atoms with Crippen LogP contribution in [0.25, 0.3) is 0 Å². The molecule has 3 nitrogen and oxygen atoms in total. The number of nitrogens with one attached hydrogen (secondary N) is 2. The standard InChI is InChI=1S/C24H32N2O/c1-15-10-11-16(24(15,4)5)12-19-22-20(13-23(2,3)14-21(22)27)26-18-9-7-6-8-17(18)25-19/h6-10,16,19,25-26H,11-14H2,1-5H3/t16-,19+/m0/s1. The van der Waals surface area contributed by atoms with Crippen LogP contribution in [0, 0.1) is 16.7 Å². The minimum Gasteiger partial charge on any atom is -0.376 e. The third-order valence-corrected chi connectivity index (χ3v) is 7.08. The average molecular weight is 365 g/mol. The van der Waals surface area contributed by atoms with Crippen LogP contribution < -0.4 is 10.6 Å². The number of allylic oxidation sites excluding steroid dienone is 3. The third kappa shape index (κ3) is 3.22. The van der Waals surface area contributed by atoms with Crippen LogP contribution in [0.1, 0.15) is 60.3 Å². The Balaban J connectivity index is 1.73. The van der Waals surface area contributed by atoms with E-state index in [4.69, 9.17) is 0 Å². The zero-order chi connectivity index (χ0) is 19.4. The topological polar surface area (TPSA) is 41.1 Å². The molecule has 0 aromatic heterocycles. The lowest BCUT2D eigenvalue weighted by molar-refractivity contribution is -0.118. The van der Waals surface area contributed by atoms with Gasteiger partial charge in [-0.1, -0.05) is 51.5 Å². The second kappa shape index (κ2) is 6.25. The Kier molecular flexibility index (Phi) is 4.25. The van der Waals surface area contributed by atoms with Crippen molar-refractivity contribution < 1.29 is 4.79 Å². The van der Waals surface area contributed by atoms with Crippen LogP contribution >= 0.6 is 0 Å². The van der Waals surface area contributed by atoms with E-state index in [-0.39, 0.29) is 16.9 Å². The first-order valence-electron chi connectivity index (χ1n) is 10.2. The first-order chi connectivity index (χ1) is 12.7. The van der Waals surface area contributed by atoms with Crippen molar-refractivity contribution in [3.8, 4) is 0 Å². The summed E-state index contributed by atoms with van der Waals surface area (Å²) in [7, 11) is 0. The second-order valence-corrected chi connectivity index (χ2v) is 9.98. The fraction of sp³-hybridized carbons (Fsp3) is 0.542. The molecule has 2 N–H and O–H groups in total. The average Bonchev–Trinajstić information content (AvgIpc) is 2.74. The number of para-hydroxylation sites is 2. The van der Waals surface area contributed by atoms with Gasteiger partial charge in [-0.3, -0.25) is 4.79 Å². The molecule has 0 bridgehead atoms. The van der Waals surface area contributed by atoms with Gasteiger partial charge in [0.25, 0.3) is 0 Å². The van der Waals surface area contributed by atoms with Crippen LogP contribution in [0.3, 0.4) is 0 Å². The van der Waals surface area contributed by atoms with Crippen molar-refractivity contribution in [3.05, 3.63) is 47.2 Å². The summed E-state index contributed by atoms with van der Waals surface area (Å²) in [4.78, 5) is 13.2. The number of fused-ring (bicyclic) bond motifs is 1. The molecule has 0 saturated heterocycles. The van der Waals surface area contributed by atoms with E-state index in [1.165, 1.54) is 5.57 Å². The van der Waals surface area contributed by atoms with Crippen molar-refractivity contribution in [1.82, 2.24) is 0 Å². The fourth-order valence-electron chi connectivity index (χ4n) is 5.04. The maximum absolute atomic E-state index is 13.2. The zero-order valence-electron chi connectivity index (χ0n) is 17.3. The van der Waals surface area contributed by atoms with E-state index in [9.17, 15) is 4.79 Å². The molecule has 3 aliphatic rings. The molecule has 0 spiro atoms. The molecule has 0 radical (unpaired) electrons. The molecule has 27 heavy (non-hydrogen) atoms. The van der Waals surface area contributed by atoms with Gasteiger partial charge in [0.15, 0.2) is 5.78 Å². The third-order valence-electron chi connectivity index (χ3n) is 7.08. The largest absolute Gasteiger partial charge is 0.376 e. The number of ketones is 1. The molecule has 1 aromatic carbocycles. The molecular weight excluding hydrogens is 332 g/mol. The molecule has 2 atom stereocenters. The predicted molar refractivity (Wildman–Crippen MR) is 113 cm³/mol. The number of anilines is 2. The van der Waals surface area contributed by atoms with E-state index < -0.39 is 0 Å². The summed E-state index contributed by atoms with van der Waals surface area (Å²) in [5.41, 5.74) is 5.98. The van der Waals surface area contributed by atoms with Crippen LogP contribution in [-0.4, -0.2) is 11.8 Å². The minimum absolute atomic E-state index is 0.0114. The van der Waals surface area contributed by atoms with E-state index in [1.54, 1.807) is 0 Å². The van der Waals surface area contributed by atoms with Crippen LogP contribution in [0.2, 0.25) is 0 Å². The van der Waals surface area contributed by atoms with Crippen molar-refractivity contribution >= 4 is 17.2 Å². The molecule has 144 valence electrons. The summed E-state index contributed by atoms with van der Waals surface area (Å²) in [5, 5.41) is 7.35. The van der Waals surface area contributed by atoms with E-state index in [0.717, 1.165) is 41.9 Å². The van der Waals surface area contributed by atoms with Gasteiger partial charge in [0, 0.05) is 17.7 Å². The SMILES string of the molecule is CC1=CC[C@@H](C[C@H]2Nc3ccccc3NC3=C2C(=O)CC(C)(C)C3)C1(C)C. The highest BCUT2D eigenvalue weighted by molar-refractivity contribution is 6.00. The maximum Gasteiger partial charge on any atom is 0.163 e. The Morgan fingerprint density at radius 1 is 1.07 bits per heavy atom. The molecule has 2 aliphatic carbocycles. The monoisotopic (exact) mass is 364 g/mol.